The molecule has 0 bridgehead atoms. The van der Waals surface area contributed by atoms with E-state index in [2.05, 4.69) is 21.6 Å². The van der Waals surface area contributed by atoms with Crippen LogP contribution < -0.4 is 9.64 Å². The van der Waals surface area contributed by atoms with Crippen LogP contribution in [0.1, 0.15) is 25.3 Å². The van der Waals surface area contributed by atoms with E-state index >= 15 is 0 Å². The van der Waals surface area contributed by atoms with Crippen molar-refractivity contribution >= 4 is 23.0 Å². The van der Waals surface area contributed by atoms with Gasteiger partial charge < -0.3 is 4.74 Å². The molecule has 0 spiro atoms. The zero-order valence-corrected chi connectivity index (χ0v) is 16.5. The molecule has 2 heterocycles. The Morgan fingerprint density at radius 1 is 1.07 bits per heavy atom. The van der Waals surface area contributed by atoms with E-state index in [0.717, 1.165) is 37.2 Å². The number of alkyl halides is 3. The number of likely N-dealkylation sites (tertiary alicyclic amines) is 1. The maximum atomic E-state index is 13.2. The van der Waals surface area contributed by atoms with Gasteiger partial charge in [0, 0.05) is 18.7 Å². The van der Waals surface area contributed by atoms with Crippen molar-refractivity contribution in [2.24, 2.45) is 10.9 Å². The van der Waals surface area contributed by atoms with Gasteiger partial charge in [-0.25, -0.2) is 4.99 Å². The third kappa shape index (κ3) is 4.48. The van der Waals surface area contributed by atoms with Crippen LogP contribution in [0.2, 0.25) is 0 Å². The molecule has 5 nitrogen and oxygen atoms in total. The number of rotatable bonds is 4. The first-order chi connectivity index (χ1) is 14.3. The molecule has 0 N–H and O–H groups in total. The minimum atomic E-state index is -4.75. The summed E-state index contributed by atoms with van der Waals surface area (Å²) in [5.41, 5.74) is 2.21. The Morgan fingerprint density at radius 3 is 2.40 bits per heavy atom. The van der Waals surface area contributed by atoms with Crippen molar-refractivity contribution in [3.8, 4) is 5.75 Å². The minimum Gasteiger partial charge on any atom is -0.406 e. The van der Waals surface area contributed by atoms with E-state index < -0.39 is 6.36 Å². The number of benzene rings is 2. The van der Waals surface area contributed by atoms with Gasteiger partial charge in [-0.3, -0.25) is 14.6 Å². The van der Waals surface area contributed by atoms with Gasteiger partial charge in [-0.2, -0.15) is 0 Å². The largest absolute Gasteiger partial charge is 0.573 e. The highest BCUT2D eigenvalue weighted by Gasteiger charge is 2.35. The Labute approximate surface area is 172 Å². The molecule has 0 saturated carbocycles. The predicted molar refractivity (Wildman–Crippen MR) is 108 cm³/mol. The topological polar surface area (TPSA) is 45.1 Å². The summed E-state index contributed by atoms with van der Waals surface area (Å²) in [6.45, 7) is 4.63. The molecule has 2 aromatic carbocycles. The van der Waals surface area contributed by atoms with Crippen molar-refractivity contribution in [1.82, 2.24) is 4.90 Å². The van der Waals surface area contributed by atoms with Crippen LogP contribution in [0.4, 0.5) is 24.5 Å². The number of halogens is 3. The maximum absolute atomic E-state index is 13.2. The number of amides is 1. The monoisotopic (exact) mass is 417 g/mol. The standard InChI is InChI=1S/C22H22F3N3O2/c1-15-10-12-27(13-11-15)14-28-19-5-3-2-4-18(19)20(21(28)29)26-16-6-8-17(9-7-16)30-22(23,24)25/h2-9,15H,10-14H2,1H3. The molecular formula is C22H22F3N3O2. The lowest BCUT2D eigenvalue weighted by Crippen LogP contribution is -2.44. The average molecular weight is 417 g/mol. The molecule has 158 valence electrons. The number of anilines is 1. The molecule has 2 aliphatic heterocycles. The number of ether oxygens (including phenoxy) is 1. The van der Waals surface area contributed by atoms with Crippen LogP contribution in [0.5, 0.6) is 5.75 Å². The number of nitrogens with zero attached hydrogens (tertiary/aromatic N) is 3. The van der Waals surface area contributed by atoms with Crippen molar-refractivity contribution in [1.29, 1.82) is 0 Å². The van der Waals surface area contributed by atoms with Gasteiger partial charge in [0.15, 0.2) is 0 Å². The van der Waals surface area contributed by atoms with Crippen molar-refractivity contribution < 1.29 is 22.7 Å². The number of fused-ring (bicyclic) bond motifs is 1. The molecule has 4 rings (SSSR count). The highest BCUT2D eigenvalue weighted by Crippen LogP contribution is 2.32. The third-order valence-corrected chi connectivity index (χ3v) is 5.43. The normalized spacial score (nSPS) is 19.4. The zero-order valence-electron chi connectivity index (χ0n) is 16.5. The molecule has 0 radical (unpaired) electrons. The number of hydrogen-bond donors (Lipinski definition) is 0. The smallest absolute Gasteiger partial charge is 0.406 e. The van der Waals surface area contributed by atoms with E-state index in [-0.39, 0.29) is 11.7 Å². The lowest BCUT2D eigenvalue weighted by atomic mass is 10.00. The van der Waals surface area contributed by atoms with Gasteiger partial charge in [0.1, 0.15) is 11.5 Å². The summed E-state index contributed by atoms with van der Waals surface area (Å²) in [6.07, 6.45) is -2.53. The SMILES string of the molecule is CC1CCN(CN2C(=O)C(=Nc3ccc(OC(F)(F)F)cc3)c3ccccc32)CC1. The van der Waals surface area contributed by atoms with Crippen molar-refractivity contribution in [2.75, 3.05) is 24.7 Å². The first-order valence-electron chi connectivity index (χ1n) is 9.88. The molecule has 1 amide bonds. The van der Waals surface area contributed by atoms with Crippen LogP contribution in [-0.4, -0.2) is 42.6 Å². The fraction of sp³-hybridized carbons (Fsp3) is 0.364. The van der Waals surface area contributed by atoms with Crippen molar-refractivity contribution in [2.45, 2.75) is 26.1 Å². The Morgan fingerprint density at radius 2 is 1.73 bits per heavy atom. The minimum absolute atomic E-state index is 0.203. The quantitative estimate of drug-likeness (QED) is 0.722. The summed E-state index contributed by atoms with van der Waals surface area (Å²) in [6, 6.07) is 12.6. The van der Waals surface area contributed by atoms with Crippen LogP contribution in [0.3, 0.4) is 0 Å². The summed E-state index contributed by atoms with van der Waals surface area (Å²) >= 11 is 0. The number of hydrogen-bond acceptors (Lipinski definition) is 4. The lowest BCUT2D eigenvalue weighted by Gasteiger charge is -2.33. The highest BCUT2D eigenvalue weighted by molar-refractivity contribution is 6.54. The molecule has 0 aromatic heterocycles. The van der Waals surface area contributed by atoms with Gasteiger partial charge in [0.25, 0.3) is 5.91 Å². The molecule has 0 unspecified atom stereocenters. The van der Waals surface area contributed by atoms with Crippen molar-refractivity contribution in [3.05, 3.63) is 54.1 Å². The van der Waals surface area contributed by atoms with Gasteiger partial charge in [-0.15, -0.1) is 13.2 Å². The summed E-state index contributed by atoms with van der Waals surface area (Å²) in [5, 5.41) is 0. The summed E-state index contributed by atoms with van der Waals surface area (Å²) in [7, 11) is 0. The van der Waals surface area contributed by atoms with Gasteiger partial charge >= 0.3 is 6.36 Å². The summed E-state index contributed by atoms with van der Waals surface area (Å²) in [5.74, 6) is 0.167. The van der Waals surface area contributed by atoms with Gasteiger partial charge in [-0.05, 0) is 49.1 Å². The fourth-order valence-electron chi connectivity index (χ4n) is 3.77. The van der Waals surface area contributed by atoms with E-state index in [1.54, 1.807) is 4.90 Å². The Bertz CT molecular complexity index is 949. The van der Waals surface area contributed by atoms with E-state index in [9.17, 15) is 18.0 Å². The van der Waals surface area contributed by atoms with Crippen LogP contribution in [0.25, 0.3) is 0 Å². The second-order valence-corrected chi connectivity index (χ2v) is 7.69. The van der Waals surface area contributed by atoms with Gasteiger partial charge in [0.2, 0.25) is 0 Å². The summed E-state index contributed by atoms with van der Waals surface area (Å²) in [4.78, 5) is 21.6. The molecular weight excluding hydrogens is 395 g/mol. The number of para-hydroxylation sites is 1. The Kier molecular flexibility index (Phi) is 5.51. The predicted octanol–water partition coefficient (Wildman–Crippen LogP) is 4.74. The third-order valence-electron chi connectivity index (χ3n) is 5.43. The second kappa shape index (κ2) is 8.10. The first-order valence-corrected chi connectivity index (χ1v) is 9.88. The van der Waals surface area contributed by atoms with Gasteiger partial charge in [0.05, 0.1) is 18.0 Å². The average Bonchev–Trinajstić information content (AvgIpc) is 2.96. The number of carbonyl (C=O) groups excluding carboxylic acids is 1. The molecule has 8 heteroatoms. The van der Waals surface area contributed by atoms with E-state index in [0.29, 0.717) is 24.0 Å². The molecule has 1 saturated heterocycles. The van der Waals surface area contributed by atoms with Gasteiger partial charge in [-0.1, -0.05) is 25.1 Å². The number of piperidine rings is 1. The fourth-order valence-corrected chi connectivity index (χ4v) is 3.77. The summed E-state index contributed by atoms with van der Waals surface area (Å²) < 4.78 is 40.9. The molecule has 0 aliphatic carbocycles. The van der Waals surface area contributed by atoms with E-state index in [1.807, 2.05) is 24.3 Å². The molecule has 2 aromatic rings. The molecule has 2 aliphatic rings. The zero-order chi connectivity index (χ0) is 21.3. The Hall–Kier alpha value is -2.87. The van der Waals surface area contributed by atoms with Crippen LogP contribution in [-0.2, 0) is 4.79 Å². The Balaban J connectivity index is 1.57. The first kappa shape index (κ1) is 20.4. The number of carbonyl (C=O) groups is 1. The molecule has 1 fully saturated rings. The number of aliphatic imine (C=N–C) groups is 1. The van der Waals surface area contributed by atoms with E-state index in [1.165, 1.54) is 24.3 Å². The molecule has 30 heavy (non-hydrogen) atoms. The maximum Gasteiger partial charge on any atom is 0.573 e. The second-order valence-electron chi connectivity index (χ2n) is 7.69. The van der Waals surface area contributed by atoms with Crippen LogP contribution >= 0.6 is 0 Å². The lowest BCUT2D eigenvalue weighted by molar-refractivity contribution is -0.274. The van der Waals surface area contributed by atoms with Crippen LogP contribution in [0.15, 0.2) is 53.5 Å². The molecule has 0 atom stereocenters. The van der Waals surface area contributed by atoms with Crippen LogP contribution in [0, 0.1) is 5.92 Å². The van der Waals surface area contributed by atoms with E-state index in [4.69, 9.17) is 0 Å². The van der Waals surface area contributed by atoms with Crippen molar-refractivity contribution in [3.63, 3.8) is 0 Å². The highest BCUT2D eigenvalue weighted by atomic mass is 19.4.